The number of esters is 1. The van der Waals surface area contributed by atoms with Crippen LogP contribution in [0.15, 0.2) is 18.2 Å². The van der Waals surface area contributed by atoms with Gasteiger partial charge in [0.25, 0.3) is 0 Å². The van der Waals surface area contributed by atoms with E-state index in [1.165, 1.54) is 25.6 Å². The Morgan fingerprint density at radius 2 is 2.12 bits per heavy atom. The molecular weight excluding hydrogens is 326 g/mol. The first-order chi connectivity index (χ1) is 12.5. The highest BCUT2D eigenvalue weighted by Crippen LogP contribution is 2.40. The monoisotopic (exact) mass is 359 g/mol. The van der Waals surface area contributed by atoms with Gasteiger partial charge in [0.2, 0.25) is 0 Å². The van der Waals surface area contributed by atoms with Crippen molar-refractivity contribution in [3.63, 3.8) is 0 Å². The molecule has 1 aliphatic carbocycles. The topological polar surface area (TPSA) is 67.6 Å². The first kappa shape index (κ1) is 18.9. The lowest BCUT2D eigenvalue weighted by Gasteiger charge is -2.34. The highest BCUT2D eigenvalue weighted by molar-refractivity contribution is 5.77. The molecule has 1 aromatic rings. The number of nitrogens with one attached hydrogen (secondary N) is 1. The van der Waals surface area contributed by atoms with E-state index in [2.05, 4.69) is 35.3 Å². The molecule has 0 amide bonds. The third kappa shape index (κ3) is 4.08. The summed E-state index contributed by atoms with van der Waals surface area (Å²) in [5, 5.41) is 3.44. The molecule has 1 aromatic carbocycles. The summed E-state index contributed by atoms with van der Waals surface area (Å²) in [6.45, 7) is 5.24. The second-order valence-electron chi connectivity index (χ2n) is 8.12. The van der Waals surface area contributed by atoms with Crippen LogP contribution in [-0.2, 0) is 9.53 Å². The fraction of sp³-hybridized carbons (Fsp3) is 0.667. The summed E-state index contributed by atoms with van der Waals surface area (Å²) in [7, 11) is 1.50. The summed E-state index contributed by atoms with van der Waals surface area (Å²) in [6, 6.07) is 6.28. The van der Waals surface area contributed by atoms with Crippen LogP contribution in [0.5, 0.6) is 0 Å². The Bertz CT molecular complexity index is 626. The molecule has 1 heterocycles. The molecule has 5 heteroatoms. The van der Waals surface area contributed by atoms with Crippen molar-refractivity contribution in [3.8, 4) is 0 Å². The van der Waals surface area contributed by atoms with Gasteiger partial charge in [-0.15, -0.1) is 0 Å². The Balaban J connectivity index is 1.59. The fourth-order valence-electron chi connectivity index (χ4n) is 4.52. The molecule has 1 aliphatic heterocycles. The zero-order valence-corrected chi connectivity index (χ0v) is 16.2. The predicted octanol–water partition coefficient (Wildman–Crippen LogP) is 4.04. The SMILES string of the molecule is COC(=O)C1(CCNc2ccc(N3CC[C@@H](C)C3)cc2N)CCCCC1. The highest BCUT2D eigenvalue weighted by Gasteiger charge is 2.39. The van der Waals surface area contributed by atoms with Crippen molar-refractivity contribution in [1.82, 2.24) is 0 Å². The molecule has 144 valence electrons. The van der Waals surface area contributed by atoms with Gasteiger partial charge in [0, 0.05) is 25.3 Å². The number of anilines is 3. The van der Waals surface area contributed by atoms with Crippen molar-refractivity contribution in [2.24, 2.45) is 11.3 Å². The van der Waals surface area contributed by atoms with Gasteiger partial charge in [0.1, 0.15) is 0 Å². The van der Waals surface area contributed by atoms with Gasteiger partial charge < -0.3 is 20.7 Å². The maximum absolute atomic E-state index is 12.3. The van der Waals surface area contributed by atoms with Gasteiger partial charge in [0.05, 0.1) is 23.9 Å². The molecule has 26 heavy (non-hydrogen) atoms. The number of hydrogen-bond acceptors (Lipinski definition) is 5. The second kappa shape index (κ2) is 8.19. The van der Waals surface area contributed by atoms with Crippen molar-refractivity contribution < 1.29 is 9.53 Å². The summed E-state index contributed by atoms with van der Waals surface area (Å²) in [5.41, 5.74) is 8.90. The lowest BCUT2D eigenvalue weighted by Crippen LogP contribution is -2.36. The molecule has 1 atom stereocenters. The van der Waals surface area contributed by atoms with Crippen LogP contribution in [-0.4, -0.2) is 32.7 Å². The van der Waals surface area contributed by atoms with Crippen molar-refractivity contribution in [2.75, 3.05) is 42.7 Å². The van der Waals surface area contributed by atoms with E-state index in [0.29, 0.717) is 0 Å². The summed E-state index contributed by atoms with van der Waals surface area (Å²) in [5.74, 6) is 0.699. The second-order valence-corrected chi connectivity index (χ2v) is 8.12. The normalized spacial score (nSPS) is 22.2. The van der Waals surface area contributed by atoms with E-state index in [4.69, 9.17) is 10.5 Å². The largest absolute Gasteiger partial charge is 0.469 e. The molecule has 0 bridgehead atoms. The summed E-state index contributed by atoms with van der Waals surface area (Å²) >= 11 is 0. The summed E-state index contributed by atoms with van der Waals surface area (Å²) in [4.78, 5) is 14.7. The summed E-state index contributed by atoms with van der Waals surface area (Å²) < 4.78 is 5.10. The number of hydrogen-bond donors (Lipinski definition) is 2. The molecule has 3 rings (SSSR count). The number of ether oxygens (including phenoxy) is 1. The minimum absolute atomic E-state index is 0.0505. The summed E-state index contributed by atoms with van der Waals surface area (Å²) in [6.07, 6.45) is 7.35. The lowest BCUT2D eigenvalue weighted by molar-refractivity contribution is -0.155. The number of nitrogen functional groups attached to an aromatic ring is 1. The Morgan fingerprint density at radius 1 is 1.35 bits per heavy atom. The van der Waals surface area contributed by atoms with Crippen LogP contribution in [0.1, 0.15) is 51.9 Å². The Hall–Kier alpha value is -1.91. The number of carbonyl (C=O) groups is 1. The molecule has 2 fully saturated rings. The van der Waals surface area contributed by atoms with Gasteiger partial charge in [-0.1, -0.05) is 26.2 Å². The Labute approximate surface area is 157 Å². The molecular formula is C21H33N3O2. The highest BCUT2D eigenvalue weighted by atomic mass is 16.5. The zero-order valence-electron chi connectivity index (χ0n) is 16.2. The lowest BCUT2D eigenvalue weighted by atomic mass is 9.72. The van der Waals surface area contributed by atoms with Crippen LogP contribution in [0, 0.1) is 11.3 Å². The molecule has 0 aromatic heterocycles. The number of carbonyl (C=O) groups excluding carboxylic acids is 1. The van der Waals surface area contributed by atoms with Gasteiger partial charge in [-0.05, 0) is 49.8 Å². The van der Waals surface area contributed by atoms with Gasteiger partial charge in [-0.2, -0.15) is 0 Å². The van der Waals surface area contributed by atoms with Crippen molar-refractivity contribution in [2.45, 2.75) is 51.9 Å². The number of rotatable bonds is 6. The number of benzene rings is 1. The first-order valence-corrected chi connectivity index (χ1v) is 10.0. The van der Waals surface area contributed by atoms with Gasteiger partial charge in [0.15, 0.2) is 0 Å². The van der Waals surface area contributed by atoms with E-state index in [1.807, 2.05) is 0 Å². The average Bonchev–Trinajstić information content (AvgIpc) is 3.09. The van der Waals surface area contributed by atoms with Crippen LogP contribution in [0.25, 0.3) is 0 Å². The van der Waals surface area contributed by atoms with Crippen LogP contribution in [0.2, 0.25) is 0 Å². The van der Waals surface area contributed by atoms with Crippen LogP contribution in [0.3, 0.4) is 0 Å². The first-order valence-electron chi connectivity index (χ1n) is 10.0. The molecule has 3 N–H and O–H groups in total. The van der Waals surface area contributed by atoms with Crippen LogP contribution < -0.4 is 16.0 Å². The maximum Gasteiger partial charge on any atom is 0.311 e. The van der Waals surface area contributed by atoms with Gasteiger partial charge in [-0.25, -0.2) is 0 Å². The third-order valence-corrected chi connectivity index (χ3v) is 6.17. The van der Waals surface area contributed by atoms with E-state index in [9.17, 15) is 4.79 Å². The van der Waals surface area contributed by atoms with E-state index in [1.54, 1.807) is 0 Å². The Kier molecular flexibility index (Phi) is 5.94. The zero-order chi connectivity index (χ0) is 18.6. The number of methoxy groups -OCH3 is 1. The number of nitrogens with zero attached hydrogens (tertiary/aromatic N) is 1. The average molecular weight is 360 g/mol. The van der Waals surface area contributed by atoms with Gasteiger partial charge >= 0.3 is 5.97 Å². The fourth-order valence-corrected chi connectivity index (χ4v) is 4.52. The molecule has 0 spiro atoms. The third-order valence-electron chi connectivity index (χ3n) is 6.17. The molecule has 1 saturated heterocycles. The molecule has 0 radical (unpaired) electrons. The Morgan fingerprint density at radius 3 is 2.73 bits per heavy atom. The van der Waals surface area contributed by atoms with Crippen molar-refractivity contribution in [1.29, 1.82) is 0 Å². The minimum Gasteiger partial charge on any atom is -0.469 e. The molecule has 5 nitrogen and oxygen atoms in total. The quantitative estimate of drug-likeness (QED) is 0.593. The van der Waals surface area contributed by atoms with E-state index in [0.717, 1.165) is 69.0 Å². The van der Waals surface area contributed by atoms with Crippen molar-refractivity contribution in [3.05, 3.63) is 18.2 Å². The standard InChI is InChI=1S/C21H33N3O2/c1-16-8-13-24(15-16)17-6-7-19(18(22)14-17)23-12-11-21(20(25)26-2)9-4-3-5-10-21/h6-7,14,16,23H,3-5,8-13,15,22H2,1-2H3/t16-/m1/s1. The van der Waals surface area contributed by atoms with E-state index in [-0.39, 0.29) is 11.4 Å². The van der Waals surface area contributed by atoms with Crippen molar-refractivity contribution >= 4 is 23.0 Å². The van der Waals surface area contributed by atoms with Gasteiger partial charge in [-0.3, -0.25) is 4.79 Å². The molecule has 1 saturated carbocycles. The molecule has 2 aliphatic rings. The van der Waals surface area contributed by atoms with Crippen LogP contribution in [0.4, 0.5) is 17.1 Å². The maximum atomic E-state index is 12.3. The minimum atomic E-state index is -0.319. The predicted molar refractivity (Wildman–Crippen MR) is 107 cm³/mol. The smallest absolute Gasteiger partial charge is 0.311 e. The number of nitrogens with two attached hydrogens (primary N) is 1. The van der Waals surface area contributed by atoms with Crippen LogP contribution >= 0.6 is 0 Å². The van der Waals surface area contributed by atoms with E-state index >= 15 is 0 Å². The van der Waals surface area contributed by atoms with E-state index < -0.39 is 0 Å². The molecule has 0 unspecified atom stereocenters.